The molecule has 0 aliphatic rings. The van der Waals surface area contributed by atoms with Crippen LogP contribution in [0.2, 0.25) is 0 Å². The summed E-state index contributed by atoms with van der Waals surface area (Å²) in [5.74, 6) is -1.29. The molecule has 35 heavy (non-hydrogen) atoms. The van der Waals surface area contributed by atoms with E-state index in [0.29, 0.717) is 24.2 Å². The molecule has 0 radical (unpaired) electrons. The number of pyridine rings is 1. The minimum absolute atomic E-state index is 0.251. The fourth-order valence-corrected chi connectivity index (χ4v) is 3.25. The van der Waals surface area contributed by atoms with Crippen molar-refractivity contribution in [2.75, 3.05) is 12.1 Å². The Kier molecular flexibility index (Phi) is 9.27. The number of carbonyl (C=O) groups excluding carboxylic acids is 3. The number of anilines is 1. The van der Waals surface area contributed by atoms with Crippen molar-refractivity contribution in [3.63, 3.8) is 0 Å². The summed E-state index contributed by atoms with van der Waals surface area (Å²) in [4.78, 5) is 39.9. The Bertz CT molecular complexity index is 1210. The third kappa shape index (κ3) is 7.62. The minimum Gasteiger partial charge on any atom is -0.428 e. The van der Waals surface area contributed by atoms with Gasteiger partial charge in [0.1, 0.15) is 0 Å². The molecular weight excluding hydrogens is 446 g/mol. The molecule has 0 saturated heterocycles. The predicted molar refractivity (Wildman–Crippen MR) is 133 cm³/mol. The normalized spacial score (nSPS) is 10.7. The topological polar surface area (TPSA) is 121 Å². The molecule has 0 atom stereocenters. The summed E-state index contributed by atoms with van der Waals surface area (Å²) in [7, 11) is 0. The first-order chi connectivity index (χ1) is 17.0. The SMILES string of the molecule is CCCC(=O)OCOC(=O)C=Cc1cccc(-c2cc(C(=O)Nc3ccncc3)ccc2CN)c1. The number of hydrogen-bond donors (Lipinski definition) is 2. The van der Waals surface area contributed by atoms with E-state index in [1.165, 1.54) is 6.08 Å². The van der Waals surface area contributed by atoms with Crippen LogP contribution in [0, 0.1) is 0 Å². The fraction of sp³-hybridized carbons (Fsp3) is 0.185. The summed E-state index contributed by atoms with van der Waals surface area (Å²) >= 11 is 0. The Labute approximate surface area is 203 Å². The second-order valence-electron chi connectivity index (χ2n) is 7.57. The number of amides is 1. The van der Waals surface area contributed by atoms with Crippen molar-refractivity contribution in [1.82, 2.24) is 4.98 Å². The Morgan fingerprint density at radius 2 is 1.83 bits per heavy atom. The van der Waals surface area contributed by atoms with E-state index in [1.807, 2.05) is 37.3 Å². The lowest BCUT2D eigenvalue weighted by Crippen LogP contribution is -2.12. The number of rotatable bonds is 10. The average molecular weight is 474 g/mol. The van der Waals surface area contributed by atoms with Crippen molar-refractivity contribution < 1.29 is 23.9 Å². The molecule has 0 spiro atoms. The Morgan fingerprint density at radius 1 is 1.03 bits per heavy atom. The zero-order valence-electron chi connectivity index (χ0n) is 19.4. The summed E-state index contributed by atoms with van der Waals surface area (Å²) in [5, 5.41) is 2.85. The first kappa shape index (κ1) is 25.3. The van der Waals surface area contributed by atoms with Crippen molar-refractivity contribution in [3.05, 3.63) is 89.8 Å². The molecule has 0 unspecified atom stereocenters. The van der Waals surface area contributed by atoms with Crippen molar-refractivity contribution in [3.8, 4) is 11.1 Å². The number of nitrogens with one attached hydrogen (secondary N) is 1. The Balaban J connectivity index is 1.73. The third-order valence-corrected chi connectivity index (χ3v) is 5.01. The first-order valence-corrected chi connectivity index (χ1v) is 11.2. The van der Waals surface area contributed by atoms with E-state index < -0.39 is 18.7 Å². The monoisotopic (exact) mass is 473 g/mol. The van der Waals surface area contributed by atoms with Gasteiger partial charge >= 0.3 is 11.9 Å². The molecule has 0 bridgehead atoms. The van der Waals surface area contributed by atoms with Gasteiger partial charge < -0.3 is 20.5 Å². The van der Waals surface area contributed by atoms with E-state index in [0.717, 1.165) is 22.3 Å². The molecule has 1 aromatic heterocycles. The van der Waals surface area contributed by atoms with Crippen LogP contribution < -0.4 is 11.1 Å². The zero-order valence-corrected chi connectivity index (χ0v) is 19.4. The summed E-state index contributed by atoms with van der Waals surface area (Å²) in [6.07, 6.45) is 7.00. The van der Waals surface area contributed by atoms with Crippen molar-refractivity contribution in [1.29, 1.82) is 0 Å². The molecule has 0 aliphatic heterocycles. The number of aromatic nitrogens is 1. The second-order valence-corrected chi connectivity index (χ2v) is 7.57. The molecule has 0 fully saturated rings. The van der Waals surface area contributed by atoms with Gasteiger partial charge in [-0.15, -0.1) is 0 Å². The van der Waals surface area contributed by atoms with Crippen LogP contribution in [-0.2, 0) is 25.6 Å². The van der Waals surface area contributed by atoms with Crippen LogP contribution in [0.3, 0.4) is 0 Å². The number of hydrogen-bond acceptors (Lipinski definition) is 7. The lowest BCUT2D eigenvalue weighted by atomic mass is 9.95. The van der Waals surface area contributed by atoms with Crippen molar-refractivity contribution >= 4 is 29.6 Å². The molecule has 2 aromatic carbocycles. The number of nitrogens with zero attached hydrogens (tertiary/aromatic N) is 1. The van der Waals surface area contributed by atoms with Crippen LogP contribution in [0.25, 0.3) is 17.2 Å². The van der Waals surface area contributed by atoms with Gasteiger partial charge in [-0.1, -0.05) is 31.2 Å². The van der Waals surface area contributed by atoms with Gasteiger partial charge in [0.2, 0.25) is 6.79 Å². The Morgan fingerprint density at radius 3 is 2.57 bits per heavy atom. The van der Waals surface area contributed by atoms with E-state index in [4.69, 9.17) is 15.2 Å². The largest absolute Gasteiger partial charge is 0.428 e. The van der Waals surface area contributed by atoms with Gasteiger partial charge in [0, 0.05) is 42.7 Å². The molecule has 3 rings (SSSR count). The van der Waals surface area contributed by atoms with Gasteiger partial charge in [-0.05, 0) is 65.1 Å². The summed E-state index contributed by atoms with van der Waals surface area (Å²) in [6, 6.07) is 16.2. The van der Waals surface area contributed by atoms with Gasteiger partial charge in [0.25, 0.3) is 5.91 Å². The van der Waals surface area contributed by atoms with Crippen LogP contribution in [0.4, 0.5) is 5.69 Å². The maximum absolute atomic E-state index is 12.7. The molecule has 3 aromatic rings. The van der Waals surface area contributed by atoms with Gasteiger partial charge in [-0.2, -0.15) is 0 Å². The van der Waals surface area contributed by atoms with E-state index >= 15 is 0 Å². The molecule has 8 nitrogen and oxygen atoms in total. The highest BCUT2D eigenvalue weighted by atomic mass is 16.7. The first-order valence-electron chi connectivity index (χ1n) is 11.2. The minimum atomic E-state index is -0.628. The van der Waals surface area contributed by atoms with Crippen molar-refractivity contribution in [2.24, 2.45) is 5.73 Å². The van der Waals surface area contributed by atoms with Crippen LogP contribution in [0.1, 0.15) is 41.3 Å². The highest BCUT2D eigenvalue weighted by Crippen LogP contribution is 2.27. The zero-order chi connectivity index (χ0) is 25.0. The van der Waals surface area contributed by atoms with E-state index in [2.05, 4.69) is 10.3 Å². The molecule has 1 heterocycles. The molecule has 1 amide bonds. The van der Waals surface area contributed by atoms with Crippen LogP contribution in [0.5, 0.6) is 0 Å². The van der Waals surface area contributed by atoms with E-state index in [9.17, 15) is 14.4 Å². The number of benzene rings is 2. The quantitative estimate of drug-likeness (QED) is 0.256. The molecule has 0 saturated carbocycles. The van der Waals surface area contributed by atoms with Crippen LogP contribution in [0.15, 0.2) is 73.1 Å². The van der Waals surface area contributed by atoms with Gasteiger partial charge in [-0.3, -0.25) is 14.6 Å². The molecule has 180 valence electrons. The average Bonchev–Trinajstić information content (AvgIpc) is 2.88. The molecular formula is C27H27N3O5. The summed E-state index contributed by atoms with van der Waals surface area (Å²) in [6.45, 7) is 1.73. The summed E-state index contributed by atoms with van der Waals surface area (Å²) in [5.41, 5.74) is 10.3. The molecule has 0 aliphatic carbocycles. The van der Waals surface area contributed by atoms with Gasteiger partial charge in [0.05, 0.1) is 0 Å². The summed E-state index contributed by atoms with van der Waals surface area (Å²) < 4.78 is 9.70. The number of esters is 2. The van der Waals surface area contributed by atoms with Gasteiger partial charge in [0.15, 0.2) is 0 Å². The third-order valence-electron chi connectivity index (χ3n) is 5.01. The van der Waals surface area contributed by atoms with Crippen LogP contribution >= 0.6 is 0 Å². The lowest BCUT2D eigenvalue weighted by Gasteiger charge is -2.12. The maximum atomic E-state index is 12.7. The standard InChI is InChI=1S/C27H27N3O5/c1-2-4-25(31)34-18-35-26(32)10-7-19-5-3-6-20(15-19)24-16-21(8-9-22(24)17-28)27(33)30-23-11-13-29-14-12-23/h3,5-16H,2,4,17-18,28H2,1H3,(H,29,30,33). The highest BCUT2D eigenvalue weighted by Gasteiger charge is 2.12. The second kappa shape index (κ2) is 12.8. The number of ether oxygens (including phenoxy) is 2. The van der Waals surface area contributed by atoms with Crippen LogP contribution in [-0.4, -0.2) is 29.6 Å². The molecule has 3 N–H and O–H groups in total. The van der Waals surface area contributed by atoms with Gasteiger partial charge in [-0.25, -0.2) is 4.79 Å². The number of nitrogens with two attached hydrogens (primary N) is 1. The van der Waals surface area contributed by atoms with E-state index in [1.54, 1.807) is 42.7 Å². The van der Waals surface area contributed by atoms with E-state index in [-0.39, 0.29) is 12.3 Å². The fourth-order valence-electron chi connectivity index (χ4n) is 3.25. The molecule has 8 heteroatoms. The Hall–Kier alpha value is -4.30. The highest BCUT2D eigenvalue weighted by molar-refractivity contribution is 6.05. The predicted octanol–water partition coefficient (Wildman–Crippen LogP) is 4.32. The van der Waals surface area contributed by atoms with Crippen molar-refractivity contribution in [2.45, 2.75) is 26.3 Å². The lowest BCUT2D eigenvalue weighted by molar-refractivity contribution is -0.163. The number of carbonyl (C=O) groups is 3. The smallest absolute Gasteiger partial charge is 0.333 e. The maximum Gasteiger partial charge on any atom is 0.333 e.